The Morgan fingerprint density at radius 3 is 2.57 bits per heavy atom. The van der Waals surface area contributed by atoms with E-state index in [1.165, 1.54) is 4.57 Å². The number of alkyl halides is 3. The van der Waals surface area contributed by atoms with Gasteiger partial charge in [-0.1, -0.05) is 18.2 Å². The van der Waals surface area contributed by atoms with Crippen molar-refractivity contribution in [2.45, 2.75) is 19.5 Å². The van der Waals surface area contributed by atoms with Crippen LogP contribution in [0.4, 0.5) is 13.2 Å². The monoisotopic (exact) mass is 291 g/mol. The van der Waals surface area contributed by atoms with Crippen molar-refractivity contribution >= 4 is 11.2 Å². The van der Waals surface area contributed by atoms with Gasteiger partial charge < -0.3 is 0 Å². The first-order valence-electron chi connectivity index (χ1n) is 6.41. The Balaban J connectivity index is 2.28. The van der Waals surface area contributed by atoms with Crippen molar-refractivity contribution in [2.24, 2.45) is 0 Å². The van der Waals surface area contributed by atoms with Gasteiger partial charge in [0.25, 0.3) is 0 Å². The Labute approximate surface area is 119 Å². The van der Waals surface area contributed by atoms with Gasteiger partial charge in [-0.25, -0.2) is 9.97 Å². The molecule has 0 N–H and O–H groups in total. The average molecular weight is 291 g/mol. The highest BCUT2D eigenvalue weighted by atomic mass is 19.4. The third-order valence-electron chi connectivity index (χ3n) is 3.20. The minimum Gasteiger partial charge on any atom is -0.280 e. The van der Waals surface area contributed by atoms with Gasteiger partial charge in [-0.2, -0.15) is 13.2 Å². The molecule has 2 aromatic heterocycles. The summed E-state index contributed by atoms with van der Waals surface area (Å²) in [5, 5.41) is 0. The summed E-state index contributed by atoms with van der Waals surface area (Å²) in [6, 6.07) is 10.6. The lowest BCUT2D eigenvalue weighted by atomic mass is 10.2. The molecule has 0 spiro atoms. The summed E-state index contributed by atoms with van der Waals surface area (Å²) in [6.45, 7) is 1.85. The molecule has 108 valence electrons. The predicted molar refractivity (Wildman–Crippen MR) is 73.4 cm³/mol. The molecule has 1 aromatic carbocycles. The van der Waals surface area contributed by atoms with E-state index in [1.807, 2.05) is 19.1 Å². The van der Waals surface area contributed by atoms with E-state index in [-0.39, 0.29) is 5.82 Å². The number of fused-ring (bicyclic) bond motifs is 1. The Hall–Kier alpha value is -2.37. The van der Waals surface area contributed by atoms with Crippen molar-refractivity contribution < 1.29 is 13.2 Å². The molecule has 0 radical (unpaired) electrons. The molecule has 0 bridgehead atoms. The fourth-order valence-corrected chi connectivity index (χ4v) is 2.32. The first kappa shape index (κ1) is 13.6. The van der Waals surface area contributed by atoms with E-state index in [4.69, 9.17) is 0 Å². The molecular weight excluding hydrogens is 279 g/mol. The highest BCUT2D eigenvalue weighted by Gasteiger charge is 2.31. The van der Waals surface area contributed by atoms with Gasteiger partial charge in [0.1, 0.15) is 17.8 Å². The summed E-state index contributed by atoms with van der Waals surface area (Å²) in [5.74, 6) is -0.0505. The topological polar surface area (TPSA) is 30.7 Å². The molecule has 21 heavy (non-hydrogen) atoms. The summed E-state index contributed by atoms with van der Waals surface area (Å²) in [4.78, 5) is 8.28. The van der Waals surface area contributed by atoms with Gasteiger partial charge in [0.15, 0.2) is 5.65 Å². The molecule has 3 aromatic rings. The van der Waals surface area contributed by atoms with Crippen LogP contribution < -0.4 is 0 Å². The van der Waals surface area contributed by atoms with Crippen molar-refractivity contribution in [3.63, 3.8) is 0 Å². The summed E-state index contributed by atoms with van der Waals surface area (Å²) in [5.41, 5.74) is 2.43. The van der Waals surface area contributed by atoms with Gasteiger partial charge in [-0.3, -0.25) is 4.57 Å². The van der Waals surface area contributed by atoms with Crippen molar-refractivity contribution in [1.82, 2.24) is 14.5 Å². The Morgan fingerprint density at radius 1 is 1.10 bits per heavy atom. The summed E-state index contributed by atoms with van der Waals surface area (Å²) < 4.78 is 39.9. The number of hydrogen-bond acceptors (Lipinski definition) is 2. The number of pyridine rings is 1. The normalized spacial score (nSPS) is 12.0. The fourth-order valence-electron chi connectivity index (χ4n) is 2.32. The first-order valence-corrected chi connectivity index (χ1v) is 6.41. The zero-order valence-corrected chi connectivity index (χ0v) is 11.2. The maximum atomic E-state index is 12.8. The van der Waals surface area contributed by atoms with E-state index >= 15 is 0 Å². The van der Waals surface area contributed by atoms with E-state index in [9.17, 15) is 13.2 Å². The number of hydrogen-bond donors (Lipinski definition) is 0. The summed E-state index contributed by atoms with van der Waals surface area (Å²) >= 11 is 0. The Bertz CT molecular complexity index is 790. The second-order valence-corrected chi connectivity index (χ2v) is 4.79. The van der Waals surface area contributed by atoms with Crippen LogP contribution >= 0.6 is 0 Å². The van der Waals surface area contributed by atoms with Crippen LogP contribution in [0.15, 0.2) is 42.6 Å². The fraction of sp³-hybridized carbons (Fsp3) is 0.200. The molecule has 0 aliphatic heterocycles. The van der Waals surface area contributed by atoms with Crippen LogP contribution in [-0.4, -0.2) is 20.7 Å². The van der Waals surface area contributed by atoms with Crippen molar-refractivity contribution in [1.29, 1.82) is 0 Å². The zero-order chi connectivity index (χ0) is 15.0. The number of aryl methyl sites for hydroxylation is 1. The number of imidazole rings is 1. The van der Waals surface area contributed by atoms with E-state index in [2.05, 4.69) is 9.97 Å². The van der Waals surface area contributed by atoms with E-state index in [1.54, 1.807) is 30.5 Å². The van der Waals surface area contributed by atoms with Crippen LogP contribution in [0, 0.1) is 6.92 Å². The molecule has 0 fully saturated rings. The van der Waals surface area contributed by atoms with Gasteiger partial charge >= 0.3 is 6.18 Å². The maximum absolute atomic E-state index is 12.8. The van der Waals surface area contributed by atoms with E-state index in [0.29, 0.717) is 16.9 Å². The number of nitrogens with zero attached hydrogens (tertiary/aromatic N) is 3. The zero-order valence-electron chi connectivity index (χ0n) is 11.2. The summed E-state index contributed by atoms with van der Waals surface area (Å²) in [6.07, 6.45) is -3.85. The van der Waals surface area contributed by atoms with Crippen LogP contribution in [-0.2, 0) is 6.42 Å². The first-order chi connectivity index (χ1) is 9.96. The number of rotatable bonds is 2. The standard InChI is InChI=1S/C15H12F3N3/c1-10-5-2-3-7-12(10)21-13(9-15(16,17)18)20-11-6-4-8-19-14(11)21/h2-8H,9H2,1H3. The Kier molecular flexibility index (Phi) is 3.16. The molecule has 0 atom stereocenters. The van der Waals surface area contributed by atoms with Crippen LogP contribution in [0.1, 0.15) is 11.4 Å². The smallest absolute Gasteiger partial charge is 0.280 e. The quantitative estimate of drug-likeness (QED) is 0.718. The van der Waals surface area contributed by atoms with E-state index in [0.717, 1.165) is 5.56 Å². The molecule has 0 unspecified atom stereocenters. The van der Waals surface area contributed by atoms with Crippen LogP contribution in [0.3, 0.4) is 0 Å². The second-order valence-electron chi connectivity index (χ2n) is 4.79. The third kappa shape index (κ3) is 2.61. The summed E-state index contributed by atoms with van der Waals surface area (Å²) in [7, 11) is 0. The molecular formula is C15H12F3N3. The number of benzene rings is 1. The molecule has 3 rings (SSSR count). The number of para-hydroxylation sites is 1. The largest absolute Gasteiger partial charge is 0.396 e. The van der Waals surface area contributed by atoms with Crippen molar-refractivity contribution in [3.8, 4) is 5.69 Å². The third-order valence-corrected chi connectivity index (χ3v) is 3.20. The lowest BCUT2D eigenvalue weighted by Gasteiger charge is -2.12. The molecule has 0 saturated carbocycles. The SMILES string of the molecule is Cc1ccccc1-n1c(CC(F)(F)F)nc2cccnc21. The second kappa shape index (κ2) is 4.87. The van der Waals surface area contributed by atoms with Gasteiger partial charge in [-0.15, -0.1) is 0 Å². The van der Waals surface area contributed by atoms with Crippen LogP contribution in [0.2, 0.25) is 0 Å². The van der Waals surface area contributed by atoms with E-state index < -0.39 is 12.6 Å². The molecule has 0 saturated heterocycles. The molecule has 3 nitrogen and oxygen atoms in total. The Morgan fingerprint density at radius 2 is 1.86 bits per heavy atom. The minimum atomic E-state index is -4.32. The average Bonchev–Trinajstić information content (AvgIpc) is 2.75. The molecule has 0 aliphatic carbocycles. The molecule has 0 aliphatic rings. The molecule has 2 heterocycles. The lowest BCUT2D eigenvalue weighted by Crippen LogP contribution is -2.16. The molecule has 6 heteroatoms. The van der Waals surface area contributed by atoms with Gasteiger partial charge in [-0.05, 0) is 30.7 Å². The van der Waals surface area contributed by atoms with Crippen molar-refractivity contribution in [2.75, 3.05) is 0 Å². The number of aromatic nitrogens is 3. The number of halogens is 3. The van der Waals surface area contributed by atoms with Gasteiger partial charge in [0.05, 0.1) is 5.69 Å². The molecule has 0 amide bonds. The predicted octanol–water partition coefficient (Wildman–Crippen LogP) is 3.83. The van der Waals surface area contributed by atoms with Gasteiger partial charge in [0.2, 0.25) is 0 Å². The highest BCUT2D eigenvalue weighted by Crippen LogP contribution is 2.27. The highest BCUT2D eigenvalue weighted by molar-refractivity contribution is 5.74. The maximum Gasteiger partial charge on any atom is 0.396 e. The lowest BCUT2D eigenvalue weighted by molar-refractivity contribution is -0.128. The van der Waals surface area contributed by atoms with Crippen LogP contribution in [0.5, 0.6) is 0 Å². The van der Waals surface area contributed by atoms with Crippen LogP contribution in [0.25, 0.3) is 16.9 Å². The van der Waals surface area contributed by atoms with Crippen molar-refractivity contribution in [3.05, 3.63) is 54.0 Å². The van der Waals surface area contributed by atoms with Gasteiger partial charge in [0, 0.05) is 6.20 Å². The minimum absolute atomic E-state index is 0.0505.